The molecule has 1 aliphatic heterocycles. The molecule has 0 aromatic heterocycles. The second-order valence-electron chi connectivity index (χ2n) is 5.31. The van der Waals surface area contributed by atoms with Crippen LogP contribution in [0.5, 0.6) is 0 Å². The van der Waals surface area contributed by atoms with Crippen LogP contribution in [0.1, 0.15) is 24.0 Å². The summed E-state index contributed by atoms with van der Waals surface area (Å²) < 4.78 is 43.5. The van der Waals surface area contributed by atoms with E-state index in [1.165, 1.54) is 6.07 Å². The van der Waals surface area contributed by atoms with Gasteiger partial charge in [-0.2, -0.15) is 13.2 Å². The van der Waals surface area contributed by atoms with Crippen LogP contribution in [0.3, 0.4) is 0 Å². The lowest BCUT2D eigenvalue weighted by atomic mass is 9.88. The van der Waals surface area contributed by atoms with E-state index >= 15 is 0 Å². The van der Waals surface area contributed by atoms with Gasteiger partial charge in [0, 0.05) is 19.0 Å². The first-order valence-corrected chi connectivity index (χ1v) is 6.85. The summed E-state index contributed by atoms with van der Waals surface area (Å²) in [6.07, 6.45) is -4.38. The predicted molar refractivity (Wildman–Crippen MR) is 71.8 cm³/mol. The Morgan fingerprint density at radius 2 is 2.10 bits per heavy atom. The predicted octanol–water partition coefficient (Wildman–Crippen LogP) is 2.91. The number of hydrogen-bond acceptors (Lipinski definition) is 3. The molecule has 1 aliphatic rings. The molecule has 6 heteroatoms. The highest BCUT2D eigenvalue weighted by molar-refractivity contribution is 5.74. The second-order valence-corrected chi connectivity index (χ2v) is 5.31. The molecule has 0 aliphatic carbocycles. The van der Waals surface area contributed by atoms with E-state index in [1.807, 2.05) is 11.9 Å². The highest BCUT2D eigenvalue weighted by Gasteiger charge is 2.39. The molecule has 21 heavy (non-hydrogen) atoms. The maximum absolute atomic E-state index is 12.8. The fourth-order valence-electron chi connectivity index (χ4n) is 2.77. The molecule has 0 bridgehead atoms. The standard InChI is InChI=1S/C15H18F3NO2/c1-3-21-14(20)13-9-19(2)8-12(13)10-5-4-6-11(7-10)15(16,17)18/h4-7,12-13H,3,8-9H2,1-2H3. The Balaban J connectivity index is 2.28. The van der Waals surface area contributed by atoms with Crippen LogP contribution in [0.2, 0.25) is 0 Å². The molecule has 2 rings (SSSR count). The first-order chi connectivity index (χ1) is 9.82. The normalized spacial score (nSPS) is 23.3. The number of likely N-dealkylation sites (N-methyl/N-ethyl adjacent to an activating group) is 1. The monoisotopic (exact) mass is 301 g/mol. The van der Waals surface area contributed by atoms with Crippen molar-refractivity contribution in [3.05, 3.63) is 35.4 Å². The van der Waals surface area contributed by atoms with Gasteiger partial charge in [-0.25, -0.2) is 0 Å². The van der Waals surface area contributed by atoms with Gasteiger partial charge < -0.3 is 9.64 Å². The Hall–Kier alpha value is -1.56. The van der Waals surface area contributed by atoms with Gasteiger partial charge in [-0.3, -0.25) is 4.79 Å². The van der Waals surface area contributed by atoms with E-state index in [1.54, 1.807) is 13.0 Å². The number of carbonyl (C=O) groups excluding carboxylic acids is 1. The van der Waals surface area contributed by atoms with Crippen LogP contribution < -0.4 is 0 Å². The Kier molecular flexibility index (Phi) is 4.56. The molecule has 0 spiro atoms. The van der Waals surface area contributed by atoms with E-state index in [9.17, 15) is 18.0 Å². The minimum Gasteiger partial charge on any atom is -0.466 e. The van der Waals surface area contributed by atoms with Gasteiger partial charge in [0.2, 0.25) is 0 Å². The molecule has 1 aromatic rings. The smallest absolute Gasteiger partial charge is 0.416 e. The number of rotatable bonds is 3. The van der Waals surface area contributed by atoms with E-state index in [0.717, 1.165) is 12.1 Å². The molecule has 0 N–H and O–H groups in total. The van der Waals surface area contributed by atoms with Crippen molar-refractivity contribution in [2.45, 2.75) is 19.0 Å². The van der Waals surface area contributed by atoms with Crippen LogP contribution in [-0.2, 0) is 15.7 Å². The van der Waals surface area contributed by atoms with Crippen molar-refractivity contribution in [3.63, 3.8) is 0 Å². The first-order valence-electron chi connectivity index (χ1n) is 6.85. The topological polar surface area (TPSA) is 29.5 Å². The number of halogens is 3. The lowest BCUT2D eigenvalue weighted by Gasteiger charge is -2.18. The van der Waals surface area contributed by atoms with Crippen molar-refractivity contribution >= 4 is 5.97 Å². The van der Waals surface area contributed by atoms with Gasteiger partial charge in [-0.1, -0.05) is 18.2 Å². The van der Waals surface area contributed by atoms with E-state index in [4.69, 9.17) is 4.74 Å². The van der Waals surface area contributed by atoms with Gasteiger partial charge in [-0.15, -0.1) is 0 Å². The molecule has 0 amide bonds. The third-order valence-electron chi connectivity index (χ3n) is 3.73. The van der Waals surface area contributed by atoms with Gasteiger partial charge >= 0.3 is 12.1 Å². The molecular formula is C15H18F3NO2. The van der Waals surface area contributed by atoms with E-state index < -0.39 is 17.7 Å². The molecular weight excluding hydrogens is 283 g/mol. The summed E-state index contributed by atoms with van der Waals surface area (Å²) in [6, 6.07) is 5.21. The highest BCUT2D eigenvalue weighted by Crippen LogP contribution is 2.36. The van der Waals surface area contributed by atoms with E-state index in [2.05, 4.69) is 0 Å². The number of ether oxygens (including phenoxy) is 1. The zero-order valence-electron chi connectivity index (χ0n) is 12.0. The largest absolute Gasteiger partial charge is 0.466 e. The van der Waals surface area contributed by atoms with Crippen molar-refractivity contribution in [2.24, 2.45) is 5.92 Å². The van der Waals surface area contributed by atoms with Crippen LogP contribution >= 0.6 is 0 Å². The summed E-state index contributed by atoms with van der Waals surface area (Å²) >= 11 is 0. The SMILES string of the molecule is CCOC(=O)C1CN(C)CC1c1cccc(C(F)(F)F)c1. The average molecular weight is 301 g/mol. The van der Waals surface area contributed by atoms with Crippen LogP contribution in [0.15, 0.2) is 24.3 Å². The Bertz CT molecular complexity index is 516. The maximum Gasteiger partial charge on any atom is 0.416 e. The molecule has 0 radical (unpaired) electrons. The Labute approximate surface area is 121 Å². The number of carbonyl (C=O) groups is 1. The summed E-state index contributed by atoms with van der Waals surface area (Å²) in [6.45, 7) is 3.04. The number of alkyl halides is 3. The fourth-order valence-corrected chi connectivity index (χ4v) is 2.77. The van der Waals surface area contributed by atoms with Crippen LogP contribution in [0, 0.1) is 5.92 Å². The fraction of sp³-hybridized carbons (Fsp3) is 0.533. The van der Waals surface area contributed by atoms with Gasteiger partial charge in [-0.05, 0) is 25.6 Å². The number of likely N-dealkylation sites (tertiary alicyclic amines) is 1. The molecule has 3 nitrogen and oxygen atoms in total. The Morgan fingerprint density at radius 3 is 2.71 bits per heavy atom. The van der Waals surface area contributed by atoms with E-state index in [-0.39, 0.29) is 18.5 Å². The van der Waals surface area contributed by atoms with Gasteiger partial charge in [0.1, 0.15) is 0 Å². The average Bonchev–Trinajstić information content (AvgIpc) is 2.80. The van der Waals surface area contributed by atoms with Crippen LogP contribution in [0.4, 0.5) is 13.2 Å². The summed E-state index contributed by atoms with van der Waals surface area (Å²) in [4.78, 5) is 13.9. The summed E-state index contributed by atoms with van der Waals surface area (Å²) in [5.41, 5.74) is -0.149. The number of esters is 1. The van der Waals surface area contributed by atoms with Crippen molar-refractivity contribution in [3.8, 4) is 0 Å². The quantitative estimate of drug-likeness (QED) is 0.804. The third-order valence-corrected chi connectivity index (χ3v) is 3.73. The zero-order chi connectivity index (χ0) is 15.6. The summed E-state index contributed by atoms with van der Waals surface area (Å²) in [7, 11) is 1.85. The molecule has 116 valence electrons. The minimum absolute atomic E-state index is 0.267. The minimum atomic E-state index is -4.38. The van der Waals surface area contributed by atoms with Crippen LogP contribution in [0.25, 0.3) is 0 Å². The van der Waals surface area contributed by atoms with Crippen molar-refractivity contribution < 1.29 is 22.7 Å². The molecule has 1 saturated heterocycles. The summed E-state index contributed by atoms with van der Waals surface area (Å²) in [5, 5.41) is 0. The molecule has 2 atom stereocenters. The van der Waals surface area contributed by atoms with Gasteiger partial charge in [0.15, 0.2) is 0 Å². The third kappa shape index (κ3) is 3.56. The van der Waals surface area contributed by atoms with Crippen molar-refractivity contribution in [1.82, 2.24) is 4.90 Å². The molecule has 0 saturated carbocycles. The molecule has 1 fully saturated rings. The highest BCUT2D eigenvalue weighted by atomic mass is 19.4. The summed E-state index contributed by atoms with van der Waals surface area (Å²) in [5.74, 6) is -1.03. The van der Waals surface area contributed by atoms with E-state index in [0.29, 0.717) is 18.7 Å². The second kappa shape index (κ2) is 6.05. The molecule has 1 heterocycles. The van der Waals surface area contributed by atoms with Gasteiger partial charge in [0.25, 0.3) is 0 Å². The van der Waals surface area contributed by atoms with Crippen molar-refractivity contribution in [1.29, 1.82) is 0 Å². The molecule has 1 aromatic carbocycles. The van der Waals surface area contributed by atoms with Crippen molar-refractivity contribution in [2.75, 3.05) is 26.7 Å². The zero-order valence-corrected chi connectivity index (χ0v) is 12.0. The maximum atomic E-state index is 12.8. The number of hydrogen-bond donors (Lipinski definition) is 0. The Morgan fingerprint density at radius 1 is 1.38 bits per heavy atom. The number of benzene rings is 1. The van der Waals surface area contributed by atoms with Gasteiger partial charge in [0.05, 0.1) is 18.1 Å². The van der Waals surface area contributed by atoms with Crippen LogP contribution in [-0.4, -0.2) is 37.6 Å². The first kappa shape index (κ1) is 15.8. The lowest BCUT2D eigenvalue weighted by Crippen LogP contribution is -2.24. The lowest BCUT2D eigenvalue weighted by molar-refractivity contribution is -0.148. The molecule has 2 unspecified atom stereocenters. The number of nitrogens with zero attached hydrogens (tertiary/aromatic N) is 1.